The van der Waals surface area contributed by atoms with E-state index in [1.165, 1.54) is 87.6 Å². The second-order valence-corrected chi connectivity index (χ2v) is 19.7. The fourth-order valence-electron chi connectivity index (χ4n) is 9.93. The van der Waals surface area contributed by atoms with Gasteiger partial charge in [-0.25, -0.2) is 0 Å². The molecule has 0 amide bonds. The Hall–Kier alpha value is -5.50. The van der Waals surface area contributed by atoms with E-state index in [0.717, 1.165) is 12.8 Å². The van der Waals surface area contributed by atoms with E-state index in [-0.39, 0.29) is 0 Å². The molecular formula is C50H40Si. The van der Waals surface area contributed by atoms with Crippen molar-refractivity contribution < 1.29 is 0 Å². The molecule has 0 spiro atoms. The molecule has 0 unspecified atom stereocenters. The summed E-state index contributed by atoms with van der Waals surface area (Å²) in [4.78, 5) is 0. The first-order valence-electron chi connectivity index (χ1n) is 18.4. The molecule has 0 atom stereocenters. The summed E-state index contributed by atoms with van der Waals surface area (Å²) in [6.45, 7) is 10.1. The first-order valence-corrected chi connectivity index (χ1v) is 21.4. The maximum atomic E-state index is 2.63. The predicted octanol–water partition coefficient (Wildman–Crippen LogP) is 13.8. The molecule has 0 nitrogen and oxygen atoms in total. The van der Waals surface area contributed by atoms with Crippen molar-refractivity contribution in [3.8, 4) is 22.3 Å². The van der Waals surface area contributed by atoms with Crippen LogP contribution < -0.4 is 0 Å². The second kappa shape index (κ2) is 11.3. The fraction of sp³-hybridized carbons (Fsp3) is 0.120. The summed E-state index contributed by atoms with van der Waals surface area (Å²) in [6.07, 6.45) is 2.06. The van der Waals surface area contributed by atoms with E-state index in [2.05, 4.69) is 173 Å². The molecule has 0 fully saturated rings. The SMILES string of the molecule is CC1=C([Si](C)(C)C2=C(C)Cc3cccc(-c4cccc5cc6ccccc6cc45)c32)c2c(cccc2-c2cccc3cc4ccccc4cc23)C1. The van der Waals surface area contributed by atoms with Gasteiger partial charge in [0.05, 0.1) is 0 Å². The normalized spacial score (nSPS) is 14.4. The molecule has 0 heterocycles. The molecule has 8 aromatic carbocycles. The largest absolute Gasteiger partial charge is 0.113 e. The zero-order valence-corrected chi connectivity index (χ0v) is 30.8. The highest BCUT2D eigenvalue weighted by atomic mass is 28.3. The molecule has 0 saturated carbocycles. The lowest BCUT2D eigenvalue weighted by atomic mass is 9.91. The average Bonchev–Trinajstić information content (AvgIpc) is 3.69. The van der Waals surface area contributed by atoms with Crippen LogP contribution in [0.15, 0.2) is 157 Å². The van der Waals surface area contributed by atoms with Gasteiger partial charge in [0.2, 0.25) is 0 Å². The number of allylic oxidation sites excluding steroid dienone is 2. The van der Waals surface area contributed by atoms with Crippen LogP contribution in [0.2, 0.25) is 13.1 Å². The lowest BCUT2D eigenvalue weighted by molar-refractivity contribution is 1.19. The Balaban J connectivity index is 1.17. The van der Waals surface area contributed by atoms with E-state index >= 15 is 0 Å². The summed E-state index contributed by atoms with van der Waals surface area (Å²) in [5, 5.41) is 13.7. The monoisotopic (exact) mass is 668 g/mol. The maximum absolute atomic E-state index is 2.63. The smallest absolute Gasteiger partial charge is 0.0686 e. The lowest BCUT2D eigenvalue weighted by Crippen LogP contribution is -2.31. The zero-order valence-electron chi connectivity index (χ0n) is 29.8. The Bertz CT molecular complexity index is 2650. The van der Waals surface area contributed by atoms with Crippen molar-refractivity contribution >= 4 is 61.6 Å². The maximum Gasteiger partial charge on any atom is 0.113 e. The molecular weight excluding hydrogens is 629 g/mol. The molecule has 10 rings (SSSR count). The van der Waals surface area contributed by atoms with Gasteiger partial charge < -0.3 is 0 Å². The van der Waals surface area contributed by atoms with Crippen LogP contribution >= 0.6 is 0 Å². The van der Waals surface area contributed by atoms with Crippen LogP contribution in [0.1, 0.15) is 36.1 Å². The van der Waals surface area contributed by atoms with Crippen LogP contribution in [0.25, 0.3) is 75.7 Å². The topological polar surface area (TPSA) is 0 Å². The van der Waals surface area contributed by atoms with Gasteiger partial charge in [0.15, 0.2) is 0 Å². The average molecular weight is 669 g/mol. The van der Waals surface area contributed by atoms with Crippen molar-refractivity contribution in [1.82, 2.24) is 0 Å². The third kappa shape index (κ3) is 4.58. The van der Waals surface area contributed by atoms with Crippen molar-refractivity contribution in [3.05, 3.63) is 179 Å². The molecule has 0 radical (unpaired) electrons. The zero-order chi connectivity index (χ0) is 34.4. The molecule has 2 aliphatic carbocycles. The number of fused-ring (bicyclic) bond motifs is 6. The minimum Gasteiger partial charge on any atom is -0.0686 e. The molecule has 0 N–H and O–H groups in total. The van der Waals surface area contributed by atoms with Gasteiger partial charge in [-0.3, -0.25) is 0 Å². The van der Waals surface area contributed by atoms with Crippen molar-refractivity contribution in [2.24, 2.45) is 0 Å². The third-order valence-electron chi connectivity index (χ3n) is 11.9. The number of benzene rings is 8. The van der Waals surface area contributed by atoms with Crippen molar-refractivity contribution in [2.45, 2.75) is 39.8 Å². The summed E-state index contributed by atoms with van der Waals surface area (Å²) < 4.78 is 0. The standard InChI is InChI=1S/C50H40Si/c1-31-25-39-19-11-23-43(41-21-9-17-37-27-33-13-5-7-15-35(33)29-45(37)41)47(39)49(31)51(3,4)50-32(2)26-40-20-12-24-44(48(40)50)42-22-10-18-38-28-34-14-6-8-16-36(34)30-46(38)42/h5-24,27-30H,25-26H2,1-4H3. The summed E-state index contributed by atoms with van der Waals surface area (Å²) in [7, 11) is -2.26. The summed E-state index contributed by atoms with van der Waals surface area (Å²) in [5.74, 6) is 0. The van der Waals surface area contributed by atoms with Crippen LogP contribution in [0.3, 0.4) is 0 Å². The van der Waals surface area contributed by atoms with E-state index in [1.54, 1.807) is 21.5 Å². The minimum atomic E-state index is -2.26. The van der Waals surface area contributed by atoms with Gasteiger partial charge in [-0.1, -0.05) is 146 Å². The fourth-order valence-corrected chi connectivity index (χ4v) is 14.3. The first kappa shape index (κ1) is 30.3. The molecule has 0 aliphatic heterocycles. The quantitative estimate of drug-likeness (QED) is 0.129. The first-order chi connectivity index (χ1) is 24.9. The second-order valence-electron chi connectivity index (χ2n) is 15.4. The summed E-state index contributed by atoms with van der Waals surface area (Å²) in [5.41, 5.74) is 14.5. The highest BCUT2D eigenvalue weighted by molar-refractivity contribution is 7.09. The van der Waals surface area contributed by atoms with E-state index < -0.39 is 8.07 Å². The molecule has 8 aromatic rings. The molecule has 0 bridgehead atoms. The molecule has 1 heteroatoms. The van der Waals surface area contributed by atoms with Gasteiger partial charge in [0.1, 0.15) is 8.07 Å². The Labute approximate surface area is 301 Å². The van der Waals surface area contributed by atoms with E-state index in [1.807, 2.05) is 0 Å². The minimum absolute atomic E-state index is 1.03. The van der Waals surface area contributed by atoms with Crippen molar-refractivity contribution in [1.29, 1.82) is 0 Å². The van der Waals surface area contributed by atoms with Crippen LogP contribution in [0.5, 0.6) is 0 Å². The third-order valence-corrected chi connectivity index (χ3v) is 15.7. The Kier molecular flexibility index (Phi) is 6.69. The molecule has 244 valence electrons. The predicted molar refractivity (Wildman–Crippen MR) is 224 cm³/mol. The number of hydrogen-bond donors (Lipinski definition) is 0. The van der Waals surface area contributed by atoms with Crippen LogP contribution in [0, 0.1) is 0 Å². The Morgan fingerprint density at radius 1 is 0.373 bits per heavy atom. The summed E-state index contributed by atoms with van der Waals surface area (Å²) >= 11 is 0. The van der Waals surface area contributed by atoms with E-state index in [9.17, 15) is 0 Å². The van der Waals surface area contributed by atoms with Crippen LogP contribution in [-0.2, 0) is 12.8 Å². The Morgan fingerprint density at radius 2 is 0.725 bits per heavy atom. The molecule has 0 aromatic heterocycles. The number of hydrogen-bond acceptors (Lipinski definition) is 0. The van der Waals surface area contributed by atoms with E-state index in [4.69, 9.17) is 0 Å². The van der Waals surface area contributed by atoms with Gasteiger partial charge in [-0.2, -0.15) is 0 Å². The van der Waals surface area contributed by atoms with Gasteiger partial charge in [0.25, 0.3) is 0 Å². The highest BCUT2D eigenvalue weighted by Gasteiger charge is 2.42. The van der Waals surface area contributed by atoms with Crippen molar-refractivity contribution in [2.75, 3.05) is 0 Å². The lowest BCUT2D eigenvalue weighted by Gasteiger charge is -2.32. The van der Waals surface area contributed by atoms with Gasteiger partial charge in [0, 0.05) is 0 Å². The molecule has 0 saturated heterocycles. The molecule has 51 heavy (non-hydrogen) atoms. The molecule has 2 aliphatic rings. The van der Waals surface area contributed by atoms with Crippen molar-refractivity contribution in [3.63, 3.8) is 0 Å². The van der Waals surface area contributed by atoms with Crippen LogP contribution in [0.4, 0.5) is 0 Å². The summed E-state index contributed by atoms with van der Waals surface area (Å²) in [6, 6.07) is 54.9. The van der Waals surface area contributed by atoms with Crippen LogP contribution in [-0.4, -0.2) is 8.07 Å². The van der Waals surface area contributed by atoms with Gasteiger partial charge >= 0.3 is 0 Å². The highest BCUT2D eigenvalue weighted by Crippen LogP contribution is 2.53. The number of rotatable bonds is 4. The van der Waals surface area contributed by atoms with Gasteiger partial charge in [-0.05, 0) is 149 Å². The Morgan fingerprint density at radius 3 is 1.16 bits per heavy atom. The van der Waals surface area contributed by atoms with E-state index in [0.29, 0.717) is 0 Å². The van der Waals surface area contributed by atoms with Gasteiger partial charge in [-0.15, -0.1) is 0 Å².